The van der Waals surface area contributed by atoms with Crippen LogP contribution in [0.5, 0.6) is 0 Å². The minimum absolute atomic E-state index is 0.252. The molecule has 0 spiro atoms. The fourth-order valence-electron chi connectivity index (χ4n) is 2.24. The minimum atomic E-state index is -0.944. The van der Waals surface area contributed by atoms with E-state index in [1.54, 1.807) is 5.06 Å². The maximum atomic E-state index is 10.1. The number of nitrogens with zero attached hydrogens (tertiary/aromatic N) is 2. The van der Waals surface area contributed by atoms with Crippen LogP contribution in [0.25, 0.3) is 0 Å². The van der Waals surface area contributed by atoms with Crippen molar-refractivity contribution in [1.82, 2.24) is 5.06 Å². The summed E-state index contributed by atoms with van der Waals surface area (Å²) in [6.45, 7) is 7.93. The maximum absolute atomic E-state index is 10.1. The van der Waals surface area contributed by atoms with Gasteiger partial charge in [-0.25, -0.2) is 0 Å². The molecule has 0 amide bonds. The second-order valence-corrected chi connectivity index (χ2v) is 5.15. The molecule has 0 aliphatic carbocycles. The molecule has 88 valence electrons. The quantitative estimate of drug-likeness (QED) is 0.412. The third kappa shape index (κ3) is 2.79. The molecular weight excluding hydrogens is 200 g/mol. The smallest absolute Gasteiger partial charge is 0.146 e. The number of hydrogen-bond acceptors (Lipinski definition) is 5. The van der Waals surface area contributed by atoms with E-state index in [2.05, 4.69) is 4.99 Å². The summed E-state index contributed by atoms with van der Waals surface area (Å²) in [7, 11) is 0. The summed E-state index contributed by atoms with van der Waals surface area (Å²) in [6, 6.07) is 0. The van der Waals surface area contributed by atoms with Crippen molar-refractivity contribution in [2.45, 2.75) is 58.0 Å². The van der Waals surface area contributed by atoms with Crippen LogP contribution < -0.4 is 0 Å². The number of hydroxylamine groups is 2. The lowest BCUT2D eigenvalue weighted by molar-refractivity contribution is -0.877. The van der Waals surface area contributed by atoms with Gasteiger partial charge in [0.25, 0.3) is 0 Å². The van der Waals surface area contributed by atoms with Gasteiger partial charge in [0.05, 0.1) is 0 Å². The van der Waals surface area contributed by atoms with Crippen LogP contribution in [-0.4, -0.2) is 21.2 Å². The van der Waals surface area contributed by atoms with Gasteiger partial charge in [0.1, 0.15) is 0 Å². The minimum Gasteiger partial charge on any atom is -0.146 e. The van der Waals surface area contributed by atoms with Gasteiger partial charge in [0.15, 0.2) is 0 Å². The number of hydrogen-bond donors (Lipinski definition) is 0. The summed E-state index contributed by atoms with van der Waals surface area (Å²) in [5, 5.41) is 10.7. The summed E-state index contributed by atoms with van der Waals surface area (Å²) in [5.74, 6) is 0. The lowest BCUT2D eigenvalue weighted by Gasteiger charge is -2.49. The Morgan fingerprint density at radius 2 is 1.67 bits per heavy atom. The lowest BCUT2D eigenvalue weighted by Crippen LogP contribution is -2.58. The molecule has 1 rings (SSSR count). The van der Waals surface area contributed by atoms with Gasteiger partial charge in [-0.2, -0.15) is 0 Å². The van der Waals surface area contributed by atoms with Crippen LogP contribution in [0.2, 0.25) is 0 Å². The van der Waals surface area contributed by atoms with Gasteiger partial charge in [-0.1, -0.05) is 0 Å². The molecule has 0 aromatic rings. The van der Waals surface area contributed by atoms with E-state index in [9.17, 15) is 10.1 Å². The Bertz CT molecular complexity index is 236. The second-order valence-electron chi connectivity index (χ2n) is 5.15. The first-order valence-electron chi connectivity index (χ1n) is 5.05. The Hall–Kier alpha value is -0.880. The monoisotopic (exact) mass is 218 g/mol. The fourth-order valence-corrected chi connectivity index (χ4v) is 2.24. The molecule has 1 heterocycles. The van der Waals surface area contributed by atoms with E-state index < -0.39 is 5.09 Å². The molecule has 0 bridgehead atoms. The molecule has 6 heteroatoms. The predicted molar refractivity (Wildman–Crippen MR) is 53.0 cm³/mol. The molecule has 0 aromatic carbocycles. The zero-order chi connectivity index (χ0) is 11.7. The molecule has 1 aliphatic rings. The van der Waals surface area contributed by atoms with Crippen molar-refractivity contribution in [3.8, 4) is 0 Å². The molecule has 0 atom stereocenters. The average molecular weight is 218 g/mol. The topological polar surface area (TPSA) is 64.8 Å². The van der Waals surface area contributed by atoms with Crippen molar-refractivity contribution >= 4 is 0 Å². The van der Waals surface area contributed by atoms with Crippen LogP contribution in [0.15, 0.2) is 0 Å². The highest BCUT2D eigenvalue weighted by molar-refractivity contribution is 4.92. The summed E-state index contributed by atoms with van der Waals surface area (Å²) in [5.41, 5.74) is -0.504. The number of piperidine rings is 1. The first kappa shape index (κ1) is 12.2. The van der Waals surface area contributed by atoms with Gasteiger partial charge < -0.3 is 0 Å². The fraction of sp³-hybridized carbons (Fsp3) is 1.00. The summed E-state index contributed by atoms with van der Waals surface area (Å²) >= 11 is 0. The van der Waals surface area contributed by atoms with Crippen molar-refractivity contribution < 1.29 is 15.1 Å². The van der Waals surface area contributed by atoms with Gasteiger partial charge >= 0.3 is 5.09 Å². The summed E-state index contributed by atoms with van der Waals surface area (Å²) in [4.78, 5) is 18.9. The van der Waals surface area contributed by atoms with Crippen molar-refractivity contribution in [3.63, 3.8) is 0 Å². The normalized spacial score (nSPS) is 24.8. The third-order valence-corrected chi connectivity index (χ3v) is 2.85. The van der Waals surface area contributed by atoms with Crippen molar-refractivity contribution in [3.05, 3.63) is 10.1 Å². The molecule has 0 aromatic heterocycles. The van der Waals surface area contributed by atoms with Crippen LogP contribution in [-0.2, 0) is 9.98 Å². The Balaban J connectivity index is 2.72. The molecule has 1 aliphatic heterocycles. The summed E-state index contributed by atoms with van der Waals surface area (Å²) in [6.07, 6.45) is 2.94. The van der Waals surface area contributed by atoms with Crippen molar-refractivity contribution in [2.75, 3.05) is 0 Å². The molecule has 0 N–H and O–H groups in total. The Morgan fingerprint density at radius 3 is 2.07 bits per heavy atom. The van der Waals surface area contributed by atoms with Gasteiger partial charge in [0, 0.05) is 11.1 Å². The maximum Gasteiger partial charge on any atom is 0.323 e. The molecule has 15 heavy (non-hydrogen) atoms. The van der Waals surface area contributed by atoms with Crippen molar-refractivity contribution in [1.29, 1.82) is 0 Å². The standard InChI is InChI=1S/C9H18N2O4/c1-8(2)6-5-7-9(3,4)10(8)14-15-11(12)13/h5-7H2,1-4H3. The molecule has 0 saturated carbocycles. The van der Waals surface area contributed by atoms with Crippen LogP contribution in [0.3, 0.4) is 0 Å². The highest BCUT2D eigenvalue weighted by atomic mass is 17.4. The van der Waals surface area contributed by atoms with Crippen LogP contribution >= 0.6 is 0 Å². The Kier molecular flexibility index (Phi) is 3.20. The van der Waals surface area contributed by atoms with Gasteiger partial charge in [-0.05, 0) is 47.0 Å². The average Bonchev–Trinajstić information content (AvgIpc) is 1.99. The Labute approximate surface area is 89.1 Å². The molecular formula is C9H18N2O4. The van der Waals surface area contributed by atoms with E-state index in [0.717, 1.165) is 19.3 Å². The lowest BCUT2D eigenvalue weighted by atomic mass is 9.82. The molecule has 6 nitrogen and oxygen atoms in total. The van der Waals surface area contributed by atoms with E-state index in [4.69, 9.17) is 4.99 Å². The van der Waals surface area contributed by atoms with Crippen LogP contribution in [0, 0.1) is 10.1 Å². The predicted octanol–water partition coefficient (Wildman–Crippen LogP) is 2.08. The van der Waals surface area contributed by atoms with E-state index in [-0.39, 0.29) is 11.1 Å². The van der Waals surface area contributed by atoms with Gasteiger partial charge in [-0.15, -0.1) is 25.2 Å². The first-order chi connectivity index (χ1) is 6.76. The van der Waals surface area contributed by atoms with E-state index in [1.165, 1.54) is 0 Å². The van der Waals surface area contributed by atoms with E-state index in [1.807, 2.05) is 27.7 Å². The molecule has 1 saturated heterocycles. The zero-order valence-corrected chi connectivity index (χ0v) is 9.65. The summed E-state index contributed by atoms with van der Waals surface area (Å²) < 4.78 is 0. The third-order valence-electron chi connectivity index (χ3n) is 2.85. The van der Waals surface area contributed by atoms with Gasteiger partial charge in [-0.3, -0.25) is 0 Å². The molecule has 1 fully saturated rings. The van der Waals surface area contributed by atoms with E-state index in [0.29, 0.717) is 0 Å². The van der Waals surface area contributed by atoms with Crippen molar-refractivity contribution in [2.24, 2.45) is 0 Å². The highest BCUT2D eigenvalue weighted by Gasteiger charge is 2.43. The number of rotatable bonds is 3. The molecule has 0 unspecified atom stereocenters. The SMILES string of the molecule is CC1(C)CCCC(C)(C)N1OO[N+](=O)[O-]. The first-order valence-corrected chi connectivity index (χ1v) is 5.05. The van der Waals surface area contributed by atoms with Gasteiger partial charge in [0.2, 0.25) is 0 Å². The Morgan fingerprint density at radius 1 is 1.20 bits per heavy atom. The van der Waals surface area contributed by atoms with Crippen LogP contribution in [0.1, 0.15) is 47.0 Å². The van der Waals surface area contributed by atoms with Crippen LogP contribution in [0.4, 0.5) is 0 Å². The highest BCUT2D eigenvalue weighted by Crippen LogP contribution is 2.38. The zero-order valence-electron chi connectivity index (χ0n) is 9.65. The van der Waals surface area contributed by atoms with E-state index >= 15 is 0 Å². The largest absolute Gasteiger partial charge is 0.323 e. The second kappa shape index (κ2) is 3.94. The molecule has 0 radical (unpaired) electrons.